The van der Waals surface area contributed by atoms with E-state index in [0.717, 1.165) is 9.37 Å². The molecule has 154 valence electrons. The van der Waals surface area contributed by atoms with Gasteiger partial charge < -0.3 is 10.1 Å². The maximum atomic E-state index is 12.7. The average Bonchev–Trinajstić information content (AvgIpc) is 3.29. The maximum Gasteiger partial charge on any atom is 0.326 e. The van der Waals surface area contributed by atoms with E-state index in [-0.39, 0.29) is 22.6 Å². The Bertz CT molecular complexity index is 848. The van der Waals surface area contributed by atoms with Gasteiger partial charge in [-0.1, -0.05) is 15.9 Å². The highest BCUT2D eigenvalue weighted by Crippen LogP contribution is 2.59. The molecule has 3 amide bonds. The number of carbonyl (C=O) groups is 4. The lowest BCUT2D eigenvalue weighted by Gasteiger charge is -2.28. The van der Waals surface area contributed by atoms with Crippen molar-refractivity contribution in [1.82, 2.24) is 4.90 Å². The molecule has 0 aromatic heterocycles. The molecule has 1 N–H and O–H groups in total. The van der Waals surface area contributed by atoms with Crippen molar-refractivity contribution in [3.63, 3.8) is 0 Å². The Morgan fingerprint density at radius 3 is 2.17 bits per heavy atom. The summed E-state index contributed by atoms with van der Waals surface area (Å²) in [5.74, 6) is -3.49. The third-order valence-electron chi connectivity index (χ3n) is 5.86. The quantitative estimate of drug-likeness (QED) is 0.378. The number of nitrogens with one attached hydrogen (secondary N) is 1. The van der Waals surface area contributed by atoms with Crippen molar-refractivity contribution in [2.75, 3.05) is 18.5 Å². The van der Waals surface area contributed by atoms with Crippen LogP contribution in [0.3, 0.4) is 0 Å². The molecule has 29 heavy (non-hydrogen) atoms. The number of anilines is 1. The zero-order valence-corrected chi connectivity index (χ0v) is 18.1. The molecule has 4 rings (SSSR count). The van der Waals surface area contributed by atoms with Crippen LogP contribution in [0.15, 0.2) is 28.7 Å². The number of carbonyl (C=O) groups excluding carboxylic acids is 4. The van der Waals surface area contributed by atoms with Gasteiger partial charge in [0, 0.05) is 10.2 Å². The van der Waals surface area contributed by atoms with E-state index >= 15 is 0 Å². The van der Waals surface area contributed by atoms with E-state index in [1.807, 2.05) is 0 Å². The fourth-order valence-corrected chi connectivity index (χ4v) is 5.77. The van der Waals surface area contributed by atoms with Gasteiger partial charge in [-0.25, -0.2) is 0 Å². The molecule has 1 saturated heterocycles. The fraction of sp³-hybridized carbons (Fsp3) is 0.474. The molecule has 2 saturated carbocycles. The number of rotatable bonds is 5. The van der Waals surface area contributed by atoms with Crippen molar-refractivity contribution in [1.29, 1.82) is 0 Å². The van der Waals surface area contributed by atoms with E-state index in [0.29, 0.717) is 12.1 Å². The summed E-state index contributed by atoms with van der Waals surface area (Å²) in [7, 11) is 0. The Morgan fingerprint density at radius 1 is 1.07 bits per heavy atom. The molecular formula is C19H17BrCl2N2O5. The van der Waals surface area contributed by atoms with E-state index in [9.17, 15) is 19.2 Å². The van der Waals surface area contributed by atoms with Crippen LogP contribution in [0.1, 0.15) is 6.42 Å². The summed E-state index contributed by atoms with van der Waals surface area (Å²) < 4.78 is 5.80. The Morgan fingerprint density at radius 2 is 1.62 bits per heavy atom. The van der Waals surface area contributed by atoms with Gasteiger partial charge in [-0.3, -0.25) is 24.1 Å². The molecule has 2 bridgehead atoms. The number of likely N-dealkylation sites (tertiary alicyclic amines) is 1. The lowest BCUT2D eigenvalue weighted by Crippen LogP contribution is -2.38. The van der Waals surface area contributed by atoms with Crippen LogP contribution >= 0.6 is 39.1 Å². The summed E-state index contributed by atoms with van der Waals surface area (Å²) in [5.41, 5.74) is 0.550. The van der Waals surface area contributed by atoms with Gasteiger partial charge in [-0.2, -0.15) is 0 Å². The van der Waals surface area contributed by atoms with Crippen molar-refractivity contribution in [3.8, 4) is 0 Å². The van der Waals surface area contributed by atoms with Crippen LogP contribution in [0.4, 0.5) is 5.69 Å². The fourth-order valence-electron chi connectivity index (χ4n) is 4.62. The van der Waals surface area contributed by atoms with Gasteiger partial charge >= 0.3 is 5.97 Å². The van der Waals surface area contributed by atoms with Crippen LogP contribution in [-0.2, 0) is 23.9 Å². The summed E-state index contributed by atoms with van der Waals surface area (Å²) in [4.78, 5) is 50.3. The Labute approximate surface area is 185 Å². The van der Waals surface area contributed by atoms with Crippen LogP contribution in [0.5, 0.6) is 0 Å². The highest BCUT2D eigenvalue weighted by Gasteiger charge is 2.66. The number of esters is 1. The summed E-state index contributed by atoms with van der Waals surface area (Å²) in [5, 5.41) is 1.88. The molecular weight excluding hydrogens is 487 g/mol. The minimum absolute atomic E-state index is 0.150. The van der Waals surface area contributed by atoms with Gasteiger partial charge in [-0.15, -0.1) is 23.2 Å². The molecule has 7 nitrogen and oxygen atoms in total. The topological polar surface area (TPSA) is 92.8 Å². The second-order valence-electron chi connectivity index (χ2n) is 7.48. The van der Waals surface area contributed by atoms with Gasteiger partial charge in [0.25, 0.3) is 5.91 Å². The molecule has 1 aliphatic heterocycles. The largest absolute Gasteiger partial charge is 0.454 e. The SMILES string of the molecule is O=C(COC(=O)CN1C(=O)[C@@H]2[C@H]3C[C@@H]([C@H](Cl)[C@H]3Cl)[C@H]2C1=O)Nc1ccc(Br)cc1. The van der Waals surface area contributed by atoms with Gasteiger partial charge in [0.2, 0.25) is 11.8 Å². The second kappa shape index (κ2) is 7.89. The van der Waals surface area contributed by atoms with E-state index in [1.54, 1.807) is 24.3 Å². The zero-order valence-electron chi connectivity index (χ0n) is 15.0. The number of hydrogen-bond donors (Lipinski definition) is 1. The first-order valence-corrected chi connectivity index (χ1v) is 10.8. The van der Waals surface area contributed by atoms with Crippen LogP contribution in [0.2, 0.25) is 0 Å². The normalized spacial score (nSPS) is 32.4. The lowest BCUT2D eigenvalue weighted by molar-refractivity contribution is -0.154. The van der Waals surface area contributed by atoms with Crippen molar-refractivity contribution >= 4 is 68.5 Å². The van der Waals surface area contributed by atoms with Crippen molar-refractivity contribution in [2.24, 2.45) is 23.7 Å². The molecule has 10 heteroatoms. The van der Waals surface area contributed by atoms with E-state index in [2.05, 4.69) is 21.2 Å². The molecule has 0 unspecified atom stereocenters. The number of halogens is 3. The molecule has 1 heterocycles. The monoisotopic (exact) mass is 502 g/mol. The van der Waals surface area contributed by atoms with Crippen LogP contribution in [0.25, 0.3) is 0 Å². The number of ether oxygens (including phenoxy) is 1. The number of benzene rings is 1. The number of hydrogen-bond acceptors (Lipinski definition) is 5. The highest BCUT2D eigenvalue weighted by atomic mass is 79.9. The maximum absolute atomic E-state index is 12.7. The number of alkyl halides is 2. The van der Waals surface area contributed by atoms with E-state index < -0.39 is 48.7 Å². The first-order chi connectivity index (χ1) is 13.8. The van der Waals surface area contributed by atoms with Crippen molar-refractivity contribution in [3.05, 3.63) is 28.7 Å². The van der Waals surface area contributed by atoms with Crippen molar-refractivity contribution < 1.29 is 23.9 Å². The minimum Gasteiger partial charge on any atom is -0.454 e. The predicted octanol–water partition coefficient (Wildman–Crippen LogP) is 2.40. The zero-order chi connectivity index (χ0) is 20.9. The lowest BCUT2D eigenvalue weighted by atomic mass is 9.80. The summed E-state index contributed by atoms with van der Waals surface area (Å²) in [6, 6.07) is 6.89. The van der Waals surface area contributed by atoms with E-state index in [1.165, 1.54) is 0 Å². The van der Waals surface area contributed by atoms with Gasteiger partial charge in [0.05, 0.1) is 22.6 Å². The Hall–Kier alpha value is -1.64. The Balaban J connectivity index is 1.31. The third-order valence-corrected chi connectivity index (χ3v) is 7.71. The number of amides is 3. The number of fused-ring (bicyclic) bond motifs is 5. The van der Waals surface area contributed by atoms with Crippen LogP contribution in [0, 0.1) is 23.7 Å². The first kappa shape index (κ1) is 20.6. The highest BCUT2D eigenvalue weighted by molar-refractivity contribution is 9.10. The van der Waals surface area contributed by atoms with Crippen molar-refractivity contribution in [2.45, 2.75) is 17.2 Å². The molecule has 0 radical (unpaired) electrons. The van der Waals surface area contributed by atoms with Gasteiger partial charge in [0.15, 0.2) is 6.61 Å². The predicted molar refractivity (Wildman–Crippen MR) is 108 cm³/mol. The smallest absolute Gasteiger partial charge is 0.326 e. The third kappa shape index (κ3) is 3.66. The molecule has 1 aromatic carbocycles. The Kier molecular flexibility index (Phi) is 5.61. The van der Waals surface area contributed by atoms with E-state index in [4.69, 9.17) is 27.9 Å². The standard InChI is InChI=1S/C19H17BrCl2N2O5/c20-8-1-3-9(4-2-8)23-12(25)7-29-13(26)6-24-18(27)14-10-5-11(15(14)19(24)28)17(22)16(10)21/h1-4,10-11,14-17H,5-7H2,(H,23,25)/t10-,11-,14-,15-,16+,17+/m1/s1. The molecule has 6 atom stereocenters. The van der Waals surface area contributed by atoms with Gasteiger partial charge in [-0.05, 0) is 42.5 Å². The first-order valence-electron chi connectivity index (χ1n) is 9.12. The number of nitrogens with zero attached hydrogens (tertiary/aromatic N) is 1. The summed E-state index contributed by atoms with van der Waals surface area (Å²) >= 11 is 15.9. The molecule has 1 aromatic rings. The number of imide groups is 1. The minimum atomic E-state index is -0.824. The molecule has 3 aliphatic rings. The average molecular weight is 504 g/mol. The molecule has 2 aliphatic carbocycles. The molecule has 0 spiro atoms. The van der Waals surface area contributed by atoms with Crippen LogP contribution < -0.4 is 5.32 Å². The molecule has 3 fully saturated rings. The summed E-state index contributed by atoms with van der Waals surface area (Å²) in [6.45, 7) is -1.04. The van der Waals surface area contributed by atoms with Crippen LogP contribution in [-0.4, -0.2) is 52.5 Å². The summed E-state index contributed by atoms with van der Waals surface area (Å²) in [6.07, 6.45) is 0.656. The van der Waals surface area contributed by atoms with Gasteiger partial charge in [0.1, 0.15) is 6.54 Å². The second-order valence-corrected chi connectivity index (χ2v) is 9.41.